The average molecular weight is 269 g/mol. The summed E-state index contributed by atoms with van der Waals surface area (Å²) in [6.45, 7) is 4.38. The maximum atomic E-state index is 5.54. The van der Waals surface area contributed by atoms with E-state index in [-0.39, 0.29) is 0 Å². The van der Waals surface area contributed by atoms with Gasteiger partial charge in [0.15, 0.2) is 5.82 Å². The van der Waals surface area contributed by atoms with Gasteiger partial charge in [-0.1, -0.05) is 18.2 Å². The van der Waals surface area contributed by atoms with Crippen molar-refractivity contribution >= 4 is 11.5 Å². The van der Waals surface area contributed by atoms with Crippen molar-refractivity contribution in [1.29, 1.82) is 0 Å². The fourth-order valence-corrected chi connectivity index (χ4v) is 2.46. The normalized spacial score (nSPS) is 15.4. The topological polar surface area (TPSA) is 58.3 Å². The SMILES string of the molecule is NCc1ccc(N2CCN(c3ccccc3)CC2)nn1. The lowest BCUT2D eigenvalue weighted by atomic mass is 10.2. The molecule has 0 radical (unpaired) electrons. The van der Waals surface area contributed by atoms with Crippen LogP contribution in [0.25, 0.3) is 0 Å². The quantitative estimate of drug-likeness (QED) is 0.909. The van der Waals surface area contributed by atoms with Gasteiger partial charge in [0.2, 0.25) is 0 Å². The molecule has 2 heterocycles. The van der Waals surface area contributed by atoms with Crippen molar-refractivity contribution in [3.05, 3.63) is 48.2 Å². The van der Waals surface area contributed by atoms with Gasteiger partial charge in [-0.25, -0.2) is 0 Å². The summed E-state index contributed by atoms with van der Waals surface area (Å²) in [5.41, 5.74) is 7.66. The van der Waals surface area contributed by atoms with Crippen molar-refractivity contribution in [3.8, 4) is 0 Å². The standard InChI is InChI=1S/C15H19N5/c16-12-13-6-7-15(18-17-13)20-10-8-19(9-11-20)14-4-2-1-3-5-14/h1-7H,8-12,16H2. The molecule has 3 rings (SSSR count). The summed E-state index contributed by atoms with van der Waals surface area (Å²) in [6, 6.07) is 14.5. The van der Waals surface area contributed by atoms with E-state index in [1.807, 2.05) is 18.2 Å². The van der Waals surface area contributed by atoms with Gasteiger partial charge in [-0.2, -0.15) is 5.10 Å². The molecule has 0 atom stereocenters. The molecule has 104 valence electrons. The zero-order valence-corrected chi connectivity index (χ0v) is 11.4. The van der Waals surface area contributed by atoms with Crippen molar-refractivity contribution in [3.63, 3.8) is 0 Å². The van der Waals surface area contributed by atoms with E-state index < -0.39 is 0 Å². The summed E-state index contributed by atoms with van der Waals surface area (Å²) in [5.74, 6) is 0.940. The molecule has 0 bridgehead atoms. The van der Waals surface area contributed by atoms with E-state index in [4.69, 9.17) is 5.73 Å². The number of piperazine rings is 1. The van der Waals surface area contributed by atoms with Gasteiger partial charge in [-0.05, 0) is 24.3 Å². The summed E-state index contributed by atoms with van der Waals surface area (Å²) in [5, 5.41) is 8.37. The Balaban J connectivity index is 1.63. The van der Waals surface area contributed by atoms with E-state index in [0.717, 1.165) is 37.7 Å². The minimum Gasteiger partial charge on any atom is -0.368 e. The summed E-state index contributed by atoms with van der Waals surface area (Å²) in [6.07, 6.45) is 0. The van der Waals surface area contributed by atoms with Gasteiger partial charge in [0.25, 0.3) is 0 Å². The van der Waals surface area contributed by atoms with Gasteiger partial charge < -0.3 is 15.5 Å². The van der Waals surface area contributed by atoms with Crippen LogP contribution in [-0.2, 0) is 6.54 Å². The molecule has 1 aliphatic heterocycles. The minimum absolute atomic E-state index is 0.440. The monoisotopic (exact) mass is 269 g/mol. The number of anilines is 2. The van der Waals surface area contributed by atoms with E-state index in [2.05, 4.69) is 44.3 Å². The molecule has 0 amide bonds. The number of benzene rings is 1. The Morgan fingerprint density at radius 3 is 2.15 bits per heavy atom. The molecule has 1 fully saturated rings. The highest BCUT2D eigenvalue weighted by Gasteiger charge is 2.18. The summed E-state index contributed by atoms with van der Waals surface area (Å²) in [7, 11) is 0. The smallest absolute Gasteiger partial charge is 0.151 e. The number of nitrogens with two attached hydrogens (primary N) is 1. The van der Waals surface area contributed by atoms with Crippen LogP contribution < -0.4 is 15.5 Å². The molecule has 1 aromatic heterocycles. The van der Waals surface area contributed by atoms with E-state index in [9.17, 15) is 0 Å². The molecule has 0 saturated carbocycles. The highest BCUT2D eigenvalue weighted by atomic mass is 15.3. The first-order valence-corrected chi connectivity index (χ1v) is 6.94. The molecule has 1 aromatic carbocycles. The van der Waals surface area contributed by atoms with Crippen LogP contribution in [0, 0.1) is 0 Å². The van der Waals surface area contributed by atoms with Gasteiger partial charge in [-0.15, -0.1) is 5.10 Å². The van der Waals surface area contributed by atoms with Crippen molar-refractivity contribution < 1.29 is 0 Å². The predicted octanol–water partition coefficient (Wildman–Crippen LogP) is 1.26. The number of para-hydroxylation sites is 1. The molecule has 5 heteroatoms. The van der Waals surface area contributed by atoms with Gasteiger partial charge in [0.05, 0.1) is 5.69 Å². The lowest BCUT2D eigenvalue weighted by molar-refractivity contribution is 0.642. The molecule has 0 spiro atoms. The summed E-state index contributed by atoms with van der Waals surface area (Å²) < 4.78 is 0. The van der Waals surface area contributed by atoms with E-state index >= 15 is 0 Å². The molecule has 5 nitrogen and oxygen atoms in total. The molecule has 0 unspecified atom stereocenters. The predicted molar refractivity (Wildman–Crippen MR) is 80.8 cm³/mol. The molecule has 1 saturated heterocycles. The molecular formula is C15H19N5. The number of hydrogen-bond acceptors (Lipinski definition) is 5. The number of nitrogens with zero attached hydrogens (tertiary/aromatic N) is 4. The third-order valence-electron chi connectivity index (χ3n) is 3.64. The molecular weight excluding hydrogens is 250 g/mol. The van der Waals surface area contributed by atoms with Crippen molar-refractivity contribution in [1.82, 2.24) is 10.2 Å². The fourth-order valence-electron chi connectivity index (χ4n) is 2.46. The van der Waals surface area contributed by atoms with E-state index in [0.29, 0.717) is 6.54 Å². The lowest BCUT2D eigenvalue weighted by Crippen LogP contribution is -2.46. The highest BCUT2D eigenvalue weighted by molar-refractivity contribution is 5.49. The van der Waals surface area contributed by atoms with Crippen LogP contribution in [-0.4, -0.2) is 36.4 Å². The van der Waals surface area contributed by atoms with Crippen LogP contribution in [0.5, 0.6) is 0 Å². The second-order valence-electron chi connectivity index (χ2n) is 4.90. The fraction of sp³-hybridized carbons (Fsp3) is 0.333. The van der Waals surface area contributed by atoms with Crippen LogP contribution >= 0.6 is 0 Å². The van der Waals surface area contributed by atoms with Crippen LogP contribution in [0.1, 0.15) is 5.69 Å². The maximum absolute atomic E-state index is 5.54. The first-order chi connectivity index (χ1) is 9.86. The third-order valence-corrected chi connectivity index (χ3v) is 3.64. The Kier molecular flexibility index (Phi) is 3.78. The zero-order valence-electron chi connectivity index (χ0n) is 11.4. The van der Waals surface area contributed by atoms with E-state index in [1.165, 1.54) is 5.69 Å². The van der Waals surface area contributed by atoms with Crippen LogP contribution in [0.2, 0.25) is 0 Å². The number of hydrogen-bond donors (Lipinski definition) is 1. The number of rotatable bonds is 3. The lowest BCUT2D eigenvalue weighted by Gasteiger charge is -2.36. The summed E-state index contributed by atoms with van der Waals surface area (Å²) >= 11 is 0. The molecule has 1 aliphatic rings. The third kappa shape index (κ3) is 2.72. The second kappa shape index (κ2) is 5.88. The zero-order chi connectivity index (χ0) is 13.8. The summed E-state index contributed by atoms with van der Waals surface area (Å²) in [4.78, 5) is 4.67. The van der Waals surface area contributed by atoms with Crippen molar-refractivity contribution in [2.75, 3.05) is 36.0 Å². The minimum atomic E-state index is 0.440. The van der Waals surface area contributed by atoms with Crippen LogP contribution in [0.3, 0.4) is 0 Å². The van der Waals surface area contributed by atoms with Crippen molar-refractivity contribution in [2.45, 2.75) is 6.54 Å². The molecule has 20 heavy (non-hydrogen) atoms. The van der Waals surface area contributed by atoms with Crippen LogP contribution in [0.15, 0.2) is 42.5 Å². The Labute approximate surface area is 119 Å². The van der Waals surface area contributed by atoms with Gasteiger partial charge in [-0.3, -0.25) is 0 Å². The largest absolute Gasteiger partial charge is 0.368 e. The Morgan fingerprint density at radius 2 is 1.55 bits per heavy atom. The number of aromatic nitrogens is 2. The first-order valence-electron chi connectivity index (χ1n) is 6.94. The van der Waals surface area contributed by atoms with Gasteiger partial charge in [0.1, 0.15) is 0 Å². The Morgan fingerprint density at radius 1 is 0.850 bits per heavy atom. The molecule has 2 aromatic rings. The molecule has 0 aliphatic carbocycles. The van der Waals surface area contributed by atoms with Gasteiger partial charge in [0, 0.05) is 38.4 Å². The second-order valence-corrected chi connectivity index (χ2v) is 4.90. The van der Waals surface area contributed by atoms with Crippen LogP contribution in [0.4, 0.5) is 11.5 Å². The highest BCUT2D eigenvalue weighted by Crippen LogP contribution is 2.18. The molecule has 2 N–H and O–H groups in total. The van der Waals surface area contributed by atoms with E-state index in [1.54, 1.807) is 0 Å². The van der Waals surface area contributed by atoms with Gasteiger partial charge >= 0.3 is 0 Å². The average Bonchev–Trinajstić information content (AvgIpc) is 2.56. The maximum Gasteiger partial charge on any atom is 0.151 e. The Hall–Kier alpha value is -2.14. The Bertz CT molecular complexity index is 532. The van der Waals surface area contributed by atoms with Crippen molar-refractivity contribution in [2.24, 2.45) is 5.73 Å². The first kappa shape index (κ1) is 12.9.